The van der Waals surface area contributed by atoms with Crippen LogP contribution in [0, 0.1) is 13.8 Å². The van der Waals surface area contributed by atoms with Crippen molar-refractivity contribution in [3.8, 4) is 11.5 Å². The number of ether oxygens (including phenoxy) is 2. The van der Waals surface area contributed by atoms with Crippen molar-refractivity contribution >= 4 is 0 Å². The first-order valence-corrected chi connectivity index (χ1v) is 8.34. The third kappa shape index (κ3) is 7.20. The Morgan fingerprint density at radius 2 is 1.22 bits per heavy atom. The second-order valence-corrected chi connectivity index (χ2v) is 5.79. The Balaban J connectivity index is 1.45. The molecule has 3 nitrogen and oxygen atoms in total. The Kier molecular flexibility index (Phi) is 7.47. The zero-order valence-electron chi connectivity index (χ0n) is 14.2. The predicted molar refractivity (Wildman–Crippen MR) is 95.5 cm³/mol. The topological polar surface area (TPSA) is 30.5 Å². The first-order valence-electron chi connectivity index (χ1n) is 8.34. The Labute approximate surface area is 139 Å². The maximum atomic E-state index is 5.72. The van der Waals surface area contributed by atoms with Gasteiger partial charge in [-0.25, -0.2) is 0 Å². The molecular formula is C20H27NO2. The molecule has 0 aliphatic heterocycles. The van der Waals surface area contributed by atoms with E-state index in [1.54, 1.807) is 0 Å². The number of benzene rings is 2. The molecule has 2 aromatic rings. The summed E-state index contributed by atoms with van der Waals surface area (Å²) in [6.45, 7) is 7.58. The van der Waals surface area contributed by atoms with Crippen molar-refractivity contribution in [2.75, 3.05) is 26.3 Å². The number of hydrogen-bond donors (Lipinski definition) is 1. The largest absolute Gasteiger partial charge is 0.494 e. The summed E-state index contributed by atoms with van der Waals surface area (Å²) in [6, 6.07) is 16.3. The number of rotatable bonds is 10. The van der Waals surface area contributed by atoms with Gasteiger partial charge in [0.25, 0.3) is 0 Å². The van der Waals surface area contributed by atoms with Gasteiger partial charge in [-0.3, -0.25) is 0 Å². The van der Waals surface area contributed by atoms with Crippen LogP contribution in [0.15, 0.2) is 48.5 Å². The summed E-state index contributed by atoms with van der Waals surface area (Å²) in [7, 11) is 0. The summed E-state index contributed by atoms with van der Waals surface area (Å²) < 4.78 is 11.4. The monoisotopic (exact) mass is 313 g/mol. The van der Waals surface area contributed by atoms with Crippen LogP contribution < -0.4 is 14.8 Å². The highest BCUT2D eigenvalue weighted by Crippen LogP contribution is 2.13. The fourth-order valence-electron chi connectivity index (χ4n) is 2.31. The summed E-state index contributed by atoms with van der Waals surface area (Å²) >= 11 is 0. The molecule has 0 saturated heterocycles. The predicted octanol–water partition coefficient (Wildman–Crippen LogP) is 4.13. The Morgan fingerprint density at radius 3 is 1.65 bits per heavy atom. The first-order chi connectivity index (χ1) is 11.2. The van der Waals surface area contributed by atoms with E-state index in [2.05, 4.69) is 43.4 Å². The molecule has 0 aromatic heterocycles. The van der Waals surface area contributed by atoms with Crippen molar-refractivity contribution in [3.05, 3.63) is 59.7 Å². The van der Waals surface area contributed by atoms with Crippen LogP contribution in [0.3, 0.4) is 0 Å². The second-order valence-electron chi connectivity index (χ2n) is 5.79. The van der Waals surface area contributed by atoms with Crippen LogP contribution in [-0.2, 0) is 0 Å². The normalized spacial score (nSPS) is 10.5. The van der Waals surface area contributed by atoms with Gasteiger partial charge in [0.2, 0.25) is 0 Å². The van der Waals surface area contributed by atoms with Gasteiger partial charge in [-0.15, -0.1) is 0 Å². The van der Waals surface area contributed by atoms with E-state index in [4.69, 9.17) is 9.47 Å². The van der Waals surface area contributed by atoms with Crippen LogP contribution in [-0.4, -0.2) is 26.3 Å². The van der Waals surface area contributed by atoms with Gasteiger partial charge in [0.05, 0.1) is 13.2 Å². The molecule has 0 unspecified atom stereocenters. The number of nitrogens with one attached hydrogen (secondary N) is 1. The lowest BCUT2D eigenvalue weighted by Crippen LogP contribution is -2.20. The van der Waals surface area contributed by atoms with E-state index in [-0.39, 0.29) is 0 Å². The van der Waals surface area contributed by atoms with E-state index >= 15 is 0 Å². The zero-order valence-corrected chi connectivity index (χ0v) is 14.2. The fraction of sp³-hybridized carbons (Fsp3) is 0.400. The molecule has 0 fully saturated rings. The van der Waals surface area contributed by atoms with Gasteiger partial charge in [-0.1, -0.05) is 24.3 Å². The third-order valence-corrected chi connectivity index (χ3v) is 3.51. The van der Waals surface area contributed by atoms with Gasteiger partial charge in [0, 0.05) is 0 Å². The highest BCUT2D eigenvalue weighted by atomic mass is 16.5. The summed E-state index contributed by atoms with van der Waals surface area (Å²) in [6.07, 6.45) is 2.01. The van der Waals surface area contributed by atoms with E-state index in [1.165, 1.54) is 11.1 Å². The summed E-state index contributed by atoms with van der Waals surface area (Å²) in [5.74, 6) is 1.91. The third-order valence-electron chi connectivity index (χ3n) is 3.51. The van der Waals surface area contributed by atoms with Crippen LogP contribution >= 0.6 is 0 Å². The van der Waals surface area contributed by atoms with E-state index in [0.29, 0.717) is 0 Å². The van der Waals surface area contributed by atoms with Crippen molar-refractivity contribution in [1.29, 1.82) is 0 Å². The molecule has 2 aromatic carbocycles. The quantitative estimate of drug-likeness (QED) is 0.669. The first kappa shape index (κ1) is 17.4. The molecule has 1 N–H and O–H groups in total. The number of aryl methyl sites for hydroxylation is 2. The van der Waals surface area contributed by atoms with E-state index in [9.17, 15) is 0 Å². The van der Waals surface area contributed by atoms with Crippen LogP contribution in [0.25, 0.3) is 0 Å². The highest BCUT2D eigenvalue weighted by Gasteiger charge is 1.96. The average Bonchev–Trinajstić information content (AvgIpc) is 2.53. The van der Waals surface area contributed by atoms with Crippen molar-refractivity contribution in [2.24, 2.45) is 0 Å². The van der Waals surface area contributed by atoms with Crippen molar-refractivity contribution < 1.29 is 9.47 Å². The standard InChI is InChI=1S/C20H27NO2/c1-17-7-3-9-19(15-17)22-13-5-11-21-12-6-14-23-20-10-4-8-18(2)16-20/h3-4,7-10,15-16,21H,5-6,11-14H2,1-2H3. The van der Waals surface area contributed by atoms with Crippen LogP contribution in [0.4, 0.5) is 0 Å². The molecule has 0 spiro atoms. The van der Waals surface area contributed by atoms with Gasteiger partial charge >= 0.3 is 0 Å². The SMILES string of the molecule is Cc1cccc(OCCCNCCCOc2cccc(C)c2)c1. The van der Waals surface area contributed by atoms with Crippen LogP contribution in [0.2, 0.25) is 0 Å². The smallest absolute Gasteiger partial charge is 0.119 e. The molecule has 0 atom stereocenters. The molecule has 0 amide bonds. The minimum absolute atomic E-state index is 0.746. The van der Waals surface area contributed by atoms with E-state index in [1.807, 2.05) is 24.3 Å². The maximum Gasteiger partial charge on any atom is 0.119 e. The number of hydrogen-bond acceptors (Lipinski definition) is 3. The van der Waals surface area contributed by atoms with Gasteiger partial charge in [-0.05, 0) is 75.2 Å². The highest BCUT2D eigenvalue weighted by molar-refractivity contribution is 5.28. The molecule has 0 radical (unpaired) electrons. The van der Waals surface area contributed by atoms with Crippen molar-refractivity contribution in [2.45, 2.75) is 26.7 Å². The Hall–Kier alpha value is -2.00. The zero-order chi connectivity index (χ0) is 16.3. The molecule has 0 aliphatic carbocycles. The van der Waals surface area contributed by atoms with Crippen molar-refractivity contribution in [1.82, 2.24) is 5.32 Å². The average molecular weight is 313 g/mol. The van der Waals surface area contributed by atoms with E-state index < -0.39 is 0 Å². The molecule has 0 saturated carbocycles. The molecule has 0 aliphatic rings. The lowest BCUT2D eigenvalue weighted by atomic mass is 10.2. The van der Waals surface area contributed by atoms with E-state index in [0.717, 1.165) is 50.6 Å². The van der Waals surface area contributed by atoms with Gasteiger partial charge in [0.1, 0.15) is 11.5 Å². The van der Waals surface area contributed by atoms with Crippen LogP contribution in [0.5, 0.6) is 11.5 Å². The second kappa shape index (κ2) is 9.90. The molecule has 2 rings (SSSR count). The maximum absolute atomic E-state index is 5.72. The summed E-state index contributed by atoms with van der Waals surface area (Å²) in [5, 5.41) is 3.42. The summed E-state index contributed by atoms with van der Waals surface area (Å²) in [4.78, 5) is 0. The minimum Gasteiger partial charge on any atom is -0.494 e. The van der Waals surface area contributed by atoms with Crippen molar-refractivity contribution in [3.63, 3.8) is 0 Å². The van der Waals surface area contributed by atoms with Crippen LogP contribution in [0.1, 0.15) is 24.0 Å². The fourth-order valence-corrected chi connectivity index (χ4v) is 2.31. The van der Waals surface area contributed by atoms with Gasteiger partial charge < -0.3 is 14.8 Å². The summed E-state index contributed by atoms with van der Waals surface area (Å²) in [5.41, 5.74) is 2.46. The molecule has 0 heterocycles. The lowest BCUT2D eigenvalue weighted by Gasteiger charge is -2.09. The van der Waals surface area contributed by atoms with Gasteiger partial charge in [0.15, 0.2) is 0 Å². The molecule has 3 heteroatoms. The lowest BCUT2D eigenvalue weighted by molar-refractivity contribution is 0.297. The molecule has 124 valence electrons. The Bertz CT molecular complexity index is 532. The molecular weight excluding hydrogens is 286 g/mol. The Morgan fingerprint density at radius 1 is 0.739 bits per heavy atom. The molecule has 0 bridgehead atoms. The minimum atomic E-state index is 0.746. The molecule has 23 heavy (non-hydrogen) atoms. The van der Waals surface area contributed by atoms with Gasteiger partial charge in [-0.2, -0.15) is 0 Å².